The molecule has 0 unspecified atom stereocenters. The van der Waals surface area contributed by atoms with Gasteiger partial charge in [0.15, 0.2) is 0 Å². The molecule has 2 aromatic rings. The largest absolute Gasteiger partial charge is 0.376 e. The van der Waals surface area contributed by atoms with E-state index in [-0.39, 0.29) is 6.10 Å². The summed E-state index contributed by atoms with van der Waals surface area (Å²) in [5, 5.41) is 3.29. The smallest absolute Gasteiger partial charge is 0.115 e. The Labute approximate surface area is 135 Å². The molecule has 1 fully saturated rings. The van der Waals surface area contributed by atoms with E-state index in [4.69, 9.17) is 4.74 Å². The van der Waals surface area contributed by atoms with E-state index in [9.17, 15) is 0 Å². The zero-order valence-corrected chi connectivity index (χ0v) is 14.0. The van der Waals surface area contributed by atoms with Crippen LogP contribution in [-0.2, 0) is 17.7 Å². The van der Waals surface area contributed by atoms with E-state index in [2.05, 4.69) is 38.2 Å². The molecule has 0 spiro atoms. The molecule has 5 nitrogen and oxygen atoms in total. The molecule has 0 saturated carbocycles. The van der Waals surface area contributed by atoms with Crippen LogP contribution in [0.15, 0.2) is 17.8 Å². The Bertz CT molecular complexity index is 616. The second-order valence-electron chi connectivity index (χ2n) is 5.78. The van der Waals surface area contributed by atoms with Gasteiger partial charge >= 0.3 is 0 Å². The summed E-state index contributed by atoms with van der Waals surface area (Å²) >= 11 is 1.72. The van der Waals surface area contributed by atoms with Gasteiger partial charge in [0.05, 0.1) is 23.4 Å². The van der Waals surface area contributed by atoms with Crippen molar-refractivity contribution in [3.8, 4) is 0 Å². The molecule has 0 aromatic carbocycles. The quantitative estimate of drug-likeness (QED) is 0.847. The maximum atomic E-state index is 5.90. The predicted octanol–water partition coefficient (Wildman–Crippen LogP) is 2.38. The number of thiazole rings is 1. The van der Waals surface area contributed by atoms with Crippen molar-refractivity contribution in [1.29, 1.82) is 0 Å². The van der Waals surface area contributed by atoms with Crippen LogP contribution in [0, 0.1) is 13.8 Å². The third-order valence-corrected chi connectivity index (χ3v) is 4.68. The van der Waals surface area contributed by atoms with Crippen LogP contribution in [0.3, 0.4) is 0 Å². The van der Waals surface area contributed by atoms with Crippen molar-refractivity contribution in [3.05, 3.63) is 39.9 Å². The van der Waals surface area contributed by atoms with Crippen LogP contribution in [0.2, 0.25) is 0 Å². The van der Waals surface area contributed by atoms with E-state index < -0.39 is 0 Å². The topological polar surface area (TPSA) is 51.1 Å². The van der Waals surface area contributed by atoms with Crippen LogP contribution < -0.4 is 0 Å². The monoisotopic (exact) mass is 318 g/mol. The molecule has 0 bridgehead atoms. The Morgan fingerprint density at radius 2 is 2.23 bits per heavy atom. The minimum atomic E-state index is 0.281. The Morgan fingerprint density at radius 1 is 1.32 bits per heavy atom. The molecule has 118 valence electrons. The molecule has 0 aliphatic carbocycles. The van der Waals surface area contributed by atoms with Gasteiger partial charge in [-0.3, -0.25) is 4.90 Å². The van der Waals surface area contributed by atoms with Crippen molar-refractivity contribution in [2.75, 3.05) is 19.7 Å². The third-order valence-electron chi connectivity index (χ3n) is 3.86. The Kier molecular flexibility index (Phi) is 5.12. The number of rotatable bonds is 5. The highest BCUT2D eigenvalue weighted by Crippen LogP contribution is 2.16. The van der Waals surface area contributed by atoms with Crippen molar-refractivity contribution in [3.63, 3.8) is 0 Å². The fourth-order valence-electron chi connectivity index (χ4n) is 2.76. The zero-order chi connectivity index (χ0) is 15.4. The predicted molar refractivity (Wildman–Crippen MR) is 87.0 cm³/mol. The highest BCUT2D eigenvalue weighted by molar-refractivity contribution is 7.09. The molecule has 22 heavy (non-hydrogen) atoms. The van der Waals surface area contributed by atoms with E-state index >= 15 is 0 Å². The number of hydrogen-bond acceptors (Lipinski definition) is 6. The molecule has 0 N–H and O–H groups in total. The Morgan fingerprint density at radius 3 is 3.00 bits per heavy atom. The van der Waals surface area contributed by atoms with Crippen LogP contribution in [-0.4, -0.2) is 45.7 Å². The van der Waals surface area contributed by atoms with Gasteiger partial charge in [0.2, 0.25) is 0 Å². The summed E-state index contributed by atoms with van der Waals surface area (Å²) in [5.74, 6) is 0. The van der Waals surface area contributed by atoms with Crippen molar-refractivity contribution in [2.45, 2.75) is 39.3 Å². The van der Waals surface area contributed by atoms with Crippen LogP contribution in [0.4, 0.5) is 0 Å². The first-order valence-corrected chi connectivity index (χ1v) is 8.59. The second-order valence-corrected chi connectivity index (χ2v) is 6.84. The van der Waals surface area contributed by atoms with Gasteiger partial charge in [-0.25, -0.2) is 15.0 Å². The lowest BCUT2D eigenvalue weighted by Crippen LogP contribution is -2.42. The minimum absolute atomic E-state index is 0.281. The maximum absolute atomic E-state index is 5.90. The average Bonchev–Trinajstić information content (AvgIpc) is 2.91. The maximum Gasteiger partial charge on any atom is 0.115 e. The summed E-state index contributed by atoms with van der Waals surface area (Å²) in [7, 11) is 0. The van der Waals surface area contributed by atoms with Crippen LogP contribution in [0.5, 0.6) is 0 Å². The van der Waals surface area contributed by atoms with Crippen molar-refractivity contribution < 1.29 is 4.74 Å². The second kappa shape index (κ2) is 7.26. The molecule has 3 heterocycles. The van der Waals surface area contributed by atoms with Gasteiger partial charge in [-0.05, 0) is 32.8 Å². The Hall–Kier alpha value is -1.37. The normalized spacial score (nSPS) is 19.5. The third kappa shape index (κ3) is 4.32. The van der Waals surface area contributed by atoms with E-state index in [0.29, 0.717) is 0 Å². The molecular weight excluding hydrogens is 296 g/mol. The first kappa shape index (κ1) is 15.5. The number of hydrogen-bond donors (Lipinski definition) is 0. The highest BCUT2D eigenvalue weighted by Gasteiger charge is 2.21. The molecule has 0 amide bonds. The van der Waals surface area contributed by atoms with E-state index in [0.717, 1.165) is 55.5 Å². The fourth-order valence-corrected chi connectivity index (χ4v) is 3.37. The molecule has 6 heteroatoms. The molecular formula is C16H22N4OS. The average molecular weight is 318 g/mol. The lowest BCUT2D eigenvalue weighted by molar-refractivity contribution is -0.0349. The van der Waals surface area contributed by atoms with Crippen molar-refractivity contribution >= 4 is 11.3 Å². The van der Waals surface area contributed by atoms with Gasteiger partial charge in [-0.15, -0.1) is 11.3 Å². The van der Waals surface area contributed by atoms with Gasteiger partial charge < -0.3 is 4.74 Å². The lowest BCUT2D eigenvalue weighted by Gasteiger charge is -2.32. The van der Waals surface area contributed by atoms with Crippen LogP contribution >= 0.6 is 11.3 Å². The zero-order valence-electron chi connectivity index (χ0n) is 13.2. The van der Waals surface area contributed by atoms with Gasteiger partial charge in [-0.1, -0.05) is 0 Å². The SMILES string of the molecule is Cc1cc(CC[C@H]2CN(Cc3csc(C)n3)CCO2)ncn1. The summed E-state index contributed by atoms with van der Waals surface area (Å²) in [6.45, 7) is 7.74. The van der Waals surface area contributed by atoms with Crippen molar-refractivity contribution in [1.82, 2.24) is 19.9 Å². The molecule has 3 rings (SSSR count). The van der Waals surface area contributed by atoms with Gasteiger partial charge in [0.1, 0.15) is 6.33 Å². The summed E-state index contributed by atoms with van der Waals surface area (Å²) in [5.41, 5.74) is 3.30. The van der Waals surface area contributed by atoms with E-state index in [1.807, 2.05) is 6.92 Å². The number of morpholine rings is 1. The van der Waals surface area contributed by atoms with Gasteiger partial charge in [0.25, 0.3) is 0 Å². The van der Waals surface area contributed by atoms with E-state index in [1.54, 1.807) is 17.7 Å². The summed E-state index contributed by atoms with van der Waals surface area (Å²) < 4.78 is 5.90. The number of nitrogens with zero attached hydrogens (tertiary/aromatic N) is 4. The molecule has 2 aromatic heterocycles. The number of aryl methyl sites for hydroxylation is 3. The molecule has 1 atom stereocenters. The number of ether oxygens (including phenoxy) is 1. The first-order valence-electron chi connectivity index (χ1n) is 7.71. The minimum Gasteiger partial charge on any atom is -0.376 e. The van der Waals surface area contributed by atoms with Crippen LogP contribution in [0.1, 0.15) is 28.5 Å². The fraction of sp³-hybridized carbons (Fsp3) is 0.562. The number of aromatic nitrogens is 3. The van der Waals surface area contributed by atoms with Gasteiger partial charge in [-0.2, -0.15) is 0 Å². The molecule has 0 radical (unpaired) electrons. The Balaban J connectivity index is 1.50. The first-order chi connectivity index (χ1) is 10.7. The highest BCUT2D eigenvalue weighted by atomic mass is 32.1. The van der Waals surface area contributed by atoms with Crippen molar-refractivity contribution in [2.24, 2.45) is 0 Å². The molecule has 1 saturated heterocycles. The molecule has 1 aliphatic heterocycles. The van der Waals surface area contributed by atoms with E-state index in [1.165, 1.54) is 5.69 Å². The van der Waals surface area contributed by atoms with Crippen LogP contribution in [0.25, 0.3) is 0 Å². The lowest BCUT2D eigenvalue weighted by atomic mass is 10.1. The summed E-state index contributed by atoms with van der Waals surface area (Å²) in [6, 6.07) is 2.05. The van der Waals surface area contributed by atoms with Gasteiger partial charge in [0, 0.05) is 36.4 Å². The summed E-state index contributed by atoms with van der Waals surface area (Å²) in [6.07, 6.45) is 3.87. The standard InChI is InChI=1S/C16H22N4OS/c1-12-7-14(18-11-17-12)3-4-16-9-20(5-6-21-16)8-15-10-22-13(2)19-15/h7,10-11,16H,3-6,8-9H2,1-2H3/t16-/m0/s1. The summed E-state index contributed by atoms with van der Waals surface area (Å²) in [4.78, 5) is 15.5. The molecule has 1 aliphatic rings.